The molecule has 1 aromatic rings. The first kappa shape index (κ1) is 17.3. The second kappa shape index (κ2) is 7.47. The average molecular weight is 323 g/mol. The van der Waals surface area contributed by atoms with E-state index >= 15 is 0 Å². The molecule has 2 aliphatic rings. The zero-order valence-electron chi connectivity index (χ0n) is 13.4. The van der Waals surface area contributed by atoms with Crippen molar-refractivity contribution in [3.63, 3.8) is 0 Å². The van der Waals surface area contributed by atoms with Gasteiger partial charge in [-0.1, -0.05) is 36.8 Å². The lowest BCUT2D eigenvalue weighted by atomic mass is 9.64. The van der Waals surface area contributed by atoms with Crippen LogP contribution < -0.4 is 5.32 Å². The Hall–Kier alpha value is -1.06. The predicted molar refractivity (Wildman–Crippen MR) is 92.3 cm³/mol. The van der Waals surface area contributed by atoms with Gasteiger partial charge in [0.05, 0.1) is 5.41 Å². The summed E-state index contributed by atoms with van der Waals surface area (Å²) in [5, 5.41) is 3.33. The number of likely N-dealkylation sites (tertiary alicyclic amines) is 1. The third kappa shape index (κ3) is 3.47. The molecule has 1 saturated heterocycles. The first-order chi connectivity index (χ1) is 10.2. The fourth-order valence-corrected chi connectivity index (χ4v) is 3.79. The molecule has 1 atom stereocenters. The highest BCUT2D eigenvalue weighted by Crippen LogP contribution is 2.45. The molecule has 4 heteroatoms. The van der Waals surface area contributed by atoms with Crippen LogP contribution in [0.2, 0.25) is 0 Å². The molecule has 1 aromatic carbocycles. The fourth-order valence-electron chi connectivity index (χ4n) is 3.79. The molecule has 0 bridgehead atoms. The number of piperidine rings is 1. The molecule has 22 heavy (non-hydrogen) atoms. The highest BCUT2D eigenvalue weighted by atomic mass is 35.5. The average Bonchev–Trinajstić information content (AvgIpc) is 2.51. The van der Waals surface area contributed by atoms with Crippen LogP contribution in [-0.2, 0) is 11.2 Å². The predicted octanol–water partition coefficient (Wildman–Crippen LogP) is 3.03. The number of carbonyl (C=O) groups excluding carboxylic acids is 1. The summed E-state index contributed by atoms with van der Waals surface area (Å²) in [6.45, 7) is 1.82. The maximum atomic E-state index is 13.1. The van der Waals surface area contributed by atoms with Gasteiger partial charge < -0.3 is 10.2 Å². The van der Waals surface area contributed by atoms with Gasteiger partial charge >= 0.3 is 0 Å². The van der Waals surface area contributed by atoms with E-state index in [1.807, 2.05) is 13.1 Å². The van der Waals surface area contributed by atoms with Crippen molar-refractivity contribution in [3.8, 4) is 0 Å². The molecule has 3 nitrogen and oxygen atoms in total. The van der Waals surface area contributed by atoms with Crippen molar-refractivity contribution >= 4 is 18.3 Å². The molecule has 1 amide bonds. The Bertz CT molecular complexity index is 487. The smallest absolute Gasteiger partial charge is 0.229 e. The zero-order chi connectivity index (χ0) is 14.7. The van der Waals surface area contributed by atoms with E-state index in [9.17, 15) is 4.79 Å². The summed E-state index contributed by atoms with van der Waals surface area (Å²) in [6.07, 6.45) is 6.53. The van der Waals surface area contributed by atoms with E-state index in [1.165, 1.54) is 18.4 Å². The Balaban J connectivity index is 0.00000176. The van der Waals surface area contributed by atoms with Crippen LogP contribution in [-0.4, -0.2) is 37.0 Å². The molecule has 1 unspecified atom stereocenters. The summed E-state index contributed by atoms with van der Waals surface area (Å²) in [4.78, 5) is 15.2. The molecule has 1 heterocycles. The molecule has 0 aromatic heterocycles. The summed E-state index contributed by atoms with van der Waals surface area (Å²) in [7, 11) is 2.00. The number of rotatable bonds is 4. The summed E-state index contributed by atoms with van der Waals surface area (Å²) in [5.41, 5.74) is 1.18. The van der Waals surface area contributed by atoms with E-state index in [4.69, 9.17) is 0 Å². The number of nitrogens with zero attached hydrogens (tertiary/aromatic N) is 1. The van der Waals surface area contributed by atoms with E-state index < -0.39 is 0 Å². The summed E-state index contributed by atoms with van der Waals surface area (Å²) < 4.78 is 0. The van der Waals surface area contributed by atoms with Crippen LogP contribution in [0.25, 0.3) is 0 Å². The van der Waals surface area contributed by atoms with E-state index in [0.717, 1.165) is 38.8 Å². The number of nitrogens with one attached hydrogen (secondary N) is 1. The second-order valence-electron chi connectivity index (χ2n) is 6.68. The summed E-state index contributed by atoms with van der Waals surface area (Å²) in [5.74, 6) is 0.401. The van der Waals surface area contributed by atoms with E-state index in [0.29, 0.717) is 11.9 Å². The Labute approximate surface area is 139 Å². The lowest BCUT2D eigenvalue weighted by Gasteiger charge is -2.45. The van der Waals surface area contributed by atoms with Crippen molar-refractivity contribution in [2.45, 2.75) is 44.6 Å². The molecule has 122 valence electrons. The van der Waals surface area contributed by atoms with Crippen LogP contribution in [0, 0.1) is 5.41 Å². The molecule has 1 aliphatic heterocycles. The van der Waals surface area contributed by atoms with Gasteiger partial charge in [0.15, 0.2) is 0 Å². The molecule has 1 aliphatic carbocycles. The number of hydrogen-bond acceptors (Lipinski definition) is 2. The van der Waals surface area contributed by atoms with Gasteiger partial charge in [0.2, 0.25) is 5.91 Å². The highest BCUT2D eigenvalue weighted by Gasteiger charge is 2.46. The maximum absolute atomic E-state index is 13.1. The number of likely N-dealkylation sites (N-methyl/N-ethyl adjacent to an activating group) is 1. The SMILES string of the molecule is CNC1CCCN(C(=O)C2(Cc3ccccc3)CCC2)C1.Cl. The quantitative estimate of drug-likeness (QED) is 0.924. The van der Waals surface area contributed by atoms with Gasteiger partial charge in [0, 0.05) is 19.1 Å². The Morgan fingerprint density at radius 3 is 2.59 bits per heavy atom. The van der Waals surface area contributed by atoms with Crippen molar-refractivity contribution < 1.29 is 4.79 Å². The van der Waals surface area contributed by atoms with E-state index in [-0.39, 0.29) is 17.8 Å². The number of benzene rings is 1. The first-order valence-corrected chi connectivity index (χ1v) is 8.24. The largest absolute Gasteiger partial charge is 0.341 e. The first-order valence-electron chi connectivity index (χ1n) is 8.24. The fraction of sp³-hybridized carbons (Fsp3) is 0.611. The molecule has 1 N–H and O–H groups in total. The van der Waals surface area contributed by atoms with E-state index in [2.05, 4.69) is 34.5 Å². The van der Waals surface area contributed by atoms with Gasteiger partial charge in [0.1, 0.15) is 0 Å². The van der Waals surface area contributed by atoms with Crippen LogP contribution in [0.1, 0.15) is 37.7 Å². The van der Waals surface area contributed by atoms with Crippen LogP contribution in [0.5, 0.6) is 0 Å². The molecular formula is C18H27ClN2O. The van der Waals surface area contributed by atoms with Crippen molar-refractivity contribution in [2.24, 2.45) is 5.41 Å². The minimum absolute atomic E-state index is 0. The maximum Gasteiger partial charge on any atom is 0.229 e. The number of hydrogen-bond donors (Lipinski definition) is 1. The van der Waals surface area contributed by atoms with Gasteiger partial charge in [-0.3, -0.25) is 4.79 Å². The third-order valence-electron chi connectivity index (χ3n) is 5.27. The van der Waals surface area contributed by atoms with Crippen molar-refractivity contribution in [1.29, 1.82) is 0 Å². The lowest BCUT2D eigenvalue weighted by molar-refractivity contribution is -0.148. The van der Waals surface area contributed by atoms with E-state index in [1.54, 1.807) is 0 Å². The van der Waals surface area contributed by atoms with Crippen molar-refractivity contribution in [2.75, 3.05) is 20.1 Å². The lowest BCUT2D eigenvalue weighted by Crippen LogP contribution is -2.54. The van der Waals surface area contributed by atoms with Crippen LogP contribution in [0.3, 0.4) is 0 Å². The van der Waals surface area contributed by atoms with Crippen LogP contribution >= 0.6 is 12.4 Å². The van der Waals surface area contributed by atoms with Gasteiger partial charge in [-0.15, -0.1) is 12.4 Å². The molecule has 1 saturated carbocycles. The number of amides is 1. The van der Waals surface area contributed by atoms with Gasteiger partial charge in [-0.2, -0.15) is 0 Å². The molecule has 2 fully saturated rings. The third-order valence-corrected chi connectivity index (χ3v) is 5.27. The van der Waals surface area contributed by atoms with Crippen molar-refractivity contribution in [3.05, 3.63) is 35.9 Å². The Morgan fingerprint density at radius 1 is 1.27 bits per heavy atom. The number of carbonyl (C=O) groups is 1. The second-order valence-corrected chi connectivity index (χ2v) is 6.68. The highest BCUT2D eigenvalue weighted by molar-refractivity contribution is 5.85. The Morgan fingerprint density at radius 2 is 2.00 bits per heavy atom. The summed E-state index contributed by atoms with van der Waals surface area (Å²) >= 11 is 0. The van der Waals surface area contributed by atoms with Gasteiger partial charge in [-0.25, -0.2) is 0 Å². The molecule has 0 spiro atoms. The monoisotopic (exact) mass is 322 g/mol. The van der Waals surface area contributed by atoms with Crippen LogP contribution in [0.4, 0.5) is 0 Å². The molecular weight excluding hydrogens is 296 g/mol. The van der Waals surface area contributed by atoms with Crippen molar-refractivity contribution in [1.82, 2.24) is 10.2 Å². The minimum Gasteiger partial charge on any atom is -0.341 e. The van der Waals surface area contributed by atoms with Crippen LogP contribution in [0.15, 0.2) is 30.3 Å². The topological polar surface area (TPSA) is 32.3 Å². The van der Waals surface area contributed by atoms with Gasteiger partial charge in [0.25, 0.3) is 0 Å². The normalized spacial score (nSPS) is 23.3. The standard InChI is InChI=1S/C18H26N2O.ClH/c1-19-16-9-5-12-20(14-16)17(21)18(10-6-11-18)13-15-7-3-2-4-8-15;/h2-4,7-8,16,19H,5-6,9-14H2,1H3;1H. The summed E-state index contributed by atoms with van der Waals surface area (Å²) in [6, 6.07) is 11.0. The Kier molecular flexibility index (Phi) is 5.87. The molecule has 3 rings (SSSR count). The zero-order valence-corrected chi connectivity index (χ0v) is 14.2. The van der Waals surface area contributed by atoms with Gasteiger partial charge in [-0.05, 0) is 44.7 Å². The number of halogens is 1. The minimum atomic E-state index is -0.114. The molecule has 0 radical (unpaired) electrons.